The first kappa shape index (κ1) is 19.6. The van der Waals surface area contributed by atoms with Gasteiger partial charge in [0.15, 0.2) is 5.69 Å². The Hall–Kier alpha value is -3.15. The van der Waals surface area contributed by atoms with E-state index in [1.165, 1.54) is 0 Å². The van der Waals surface area contributed by atoms with E-state index in [9.17, 15) is 9.59 Å². The molecule has 2 N–H and O–H groups in total. The minimum Gasteiger partial charge on any atom is -0.351 e. The van der Waals surface area contributed by atoms with Crippen molar-refractivity contribution in [3.8, 4) is 0 Å². The van der Waals surface area contributed by atoms with Crippen LogP contribution in [0.2, 0.25) is 0 Å². The van der Waals surface area contributed by atoms with Gasteiger partial charge in [-0.1, -0.05) is 26.0 Å². The maximum absolute atomic E-state index is 12.9. The second-order valence-corrected chi connectivity index (χ2v) is 7.51. The van der Waals surface area contributed by atoms with E-state index >= 15 is 0 Å². The van der Waals surface area contributed by atoms with Crippen molar-refractivity contribution in [1.29, 1.82) is 0 Å². The second kappa shape index (κ2) is 8.25. The van der Waals surface area contributed by atoms with Crippen molar-refractivity contribution >= 4 is 23.0 Å². The molecule has 0 spiro atoms. The summed E-state index contributed by atoms with van der Waals surface area (Å²) in [6.07, 6.45) is 2.63. The molecular weight excluding hydrogens is 352 g/mol. The smallest absolute Gasteiger partial charge is 0.292 e. The minimum atomic E-state index is -0.354. The minimum absolute atomic E-state index is 0.184. The molecule has 6 nitrogen and oxygen atoms in total. The molecule has 3 rings (SSSR count). The number of carbonyl (C=O) groups is 2. The van der Waals surface area contributed by atoms with Crippen molar-refractivity contribution in [1.82, 2.24) is 14.7 Å². The number of benzene rings is 1. The van der Waals surface area contributed by atoms with Gasteiger partial charge in [0.2, 0.25) is 5.82 Å². The normalized spacial score (nSPS) is 11.0. The van der Waals surface area contributed by atoms with Gasteiger partial charge in [0, 0.05) is 18.4 Å². The Kier molecular flexibility index (Phi) is 5.78. The molecule has 3 aromatic rings. The summed E-state index contributed by atoms with van der Waals surface area (Å²) >= 11 is 0. The summed E-state index contributed by atoms with van der Waals surface area (Å²) in [5, 5.41) is 5.78. The number of rotatable bonds is 6. The van der Waals surface area contributed by atoms with Crippen LogP contribution < -0.4 is 10.6 Å². The number of anilines is 1. The standard InChI is InChI=1S/C22H26N4O2/c1-14(2)8-9-23-21(27)19-18-7-5-6-10-26(18)20(25-19)22(28)24-17-12-15(3)11-16(4)13-17/h5-7,10-14H,8-9H2,1-4H3,(H,23,27)(H,24,28). The quantitative estimate of drug-likeness (QED) is 0.681. The van der Waals surface area contributed by atoms with E-state index in [4.69, 9.17) is 0 Å². The summed E-state index contributed by atoms with van der Waals surface area (Å²) in [7, 11) is 0. The zero-order valence-corrected chi connectivity index (χ0v) is 16.7. The Morgan fingerprint density at radius 1 is 1.07 bits per heavy atom. The van der Waals surface area contributed by atoms with Gasteiger partial charge in [-0.05, 0) is 61.6 Å². The molecule has 2 aromatic heterocycles. The van der Waals surface area contributed by atoms with Crippen LogP contribution in [-0.2, 0) is 0 Å². The average molecular weight is 378 g/mol. The van der Waals surface area contributed by atoms with Crippen molar-refractivity contribution in [2.75, 3.05) is 11.9 Å². The van der Waals surface area contributed by atoms with Crippen molar-refractivity contribution < 1.29 is 9.59 Å². The van der Waals surface area contributed by atoms with Crippen molar-refractivity contribution in [2.45, 2.75) is 34.1 Å². The number of aryl methyl sites for hydroxylation is 2. The Bertz CT molecular complexity index is 1000. The molecule has 0 unspecified atom stereocenters. The van der Waals surface area contributed by atoms with Crippen LogP contribution in [0.3, 0.4) is 0 Å². The number of imidazole rings is 1. The summed E-state index contributed by atoms with van der Waals surface area (Å²) in [5.74, 6) is 0.0594. The Morgan fingerprint density at radius 3 is 2.46 bits per heavy atom. The number of nitrogens with one attached hydrogen (secondary N) is 2. The highest BCUT2D eigenvalue weighted by atomic mass is 16.2. The van der Waals surface area contributed by atoms with Crippen molar-refractivity contribution in [3.63, 3.8) is 0 Å². The first-order valence-electron chi connectivity index (χ1n) is 9.50. The highest BCUT2D eigenvalue weighted by Gasteiger charge is 2.21. The van der Waals surface area contributed by atoms with Gasteiger partial charge >= 0.3 is 0 Å². The van der Waals surface area contributed by atoms with E-state index < -0.39 is 0 Å². The third-order valence-corrected chi connectivity index (χ3v) is 4.45. The number of hydrogen-bond donors (Lipinski definition) is 2. The molecule has 0 fully saturated rings. The van der Waals surface area contributed by atoms with Gasteiger partial charge < -0.3 is 10.6 Å². The fourth-order valence-electron chi connectivity index (χ4n) is 3.16. The molecular formula is C22H26N4O2. The molecule has 0 bridgehead atoms. The molecule has 0 saturated carbocycles. The number of nitrogens with zero attached hydrogens (tertiary/aromatic N) is 2. The second-order valence-electron chi connectivity index (χ2n) is 7.51. The third-order valence-electron chi connectivity index (χ3n) is 4.45. The van der Waals surface area contributed by atoms with Gasteiger partial charge in [-0.25, -0.2) is 4.98 Å². The van der Waals surface area contributed by atoms with Crippen molar-refractivity contribution in [2.24, 2.45) is 5.92 Å². The number of pyridine rings is 1. The molecule has 0 atom stereocenters. The first-order valence-corrected chi connectivity index (χ1v) is 9.50. The summed E-state index contributed by atoms with van der Waals surface area (Å²) in [5.41, 5.74) is 3.70. The van der Waals surface area contributed by atoms with Crippen LogP contribution in [-0.4, -0.2) is 27.7 Å². The van der Waals surface area contributed by atoms with Crippen LogP contribution in [0.5, 0.6) is 0 Å². The molecule has 0 saturated heterocycles. The molecule has 2 amide bonds. The Balaban J connectivity index is 1.89. The first-order chi connectivity index (χ1) is 13.3. The molecule has 2 heterocycles. The molecule has 0 aliphatic carbocycles. The number of carbonyl (C=O) groups excluding carboxylic acids is 2. The molecule has 0 aliphatic rings. The lowest BCUT2D eigenvalue weighted by Gasteiger charge is -2.07. The number of aromatic nitrogens is 2. The zero-order chi connectivity index (χ0) is 20.3. The van der Waals surface area contributed by atoms with Gasteiger partial charge in [0.1, 0.15) is 0 Å². The van der Waals surface area contributed by atoms with Crippen LogP contribution in [0, 0.1) is 19.8 Å². The lowest BCUT2D eigenvalue weighted by atomic mass is 10.1. The van der Waals surface area contributed by atoms with Crippen LogP contribution in [0.15, 0.2) is 42.6 Å². The van der Waals surface area contributed by atoms with Gasteiger partial charge in [0.25, 0.3) is 11.8 Å². The SMILES string of the molecule is Cc1cc(C)cc(NC(=O)c2nc(C(=O)NCCC(C)C)c3ccccn23)c1. The largest absolute Gasteiger partial charge is 0.351 e. The number of fused-ring (bicyclic) bond motifs is 1. The summed E-state index contributed by atoms with van der Waals surface area (Å²) in [4.78, 5) is 29.8. The Morgan fingerprint density at radius 2 is 1.79 bits per heavy atom. The van der Waals surface area contributed by atoms with Gasteiger partial charge in [-0.2, -0.15) is 0 Å². The summed E-state index contributed by atoms with van der Waals surface area (Å²) in [6.45, 7) is 8.74. The Labute approximate surface area is 165 Å². The van der Waals surface area contributed by atoms with Crippen LogP contribution >= 0.6 is 0 Å². The average Bonchev–Trinajstić information content (AvgIpc) is 3.00. The monoisotopic (exact) mass is 378 g/mol. The fraction of sp³-hybridized carbons (Fsp3) is 0.318. The van der Waals surface area contributed by atoms with Crippen LogP contribution in [0.1, 0.15) is 52.5 Å². The molecule has 146 valence electrons. The molecule has 28 heavy (non-hydrogen) atoms. The molecule has 1 aromatic carbocycles. The van der Waals surface area contributed by atoms with Gasteiger partial charge in [0.05, 0.1) is 5.52 Å². The van der Waals surface area contributed by atoms with Gasteiger partial charge in [-0.15, -0.1) is 0 Å². The summed E-state index contributed by atoms with van der Waals surface area (Å²) < 4.78 is 1.65. The predicted octanol–water partition coefficient (Wildman–Crippen LogP) is 3.98. The number of hydrogen-bond acceptors (Lipinski definition) is 3. The van der Waals surface area contributed by atoms with Crippen molar-refractivity contribution in [3.05, 3.63) is 65.2 Å². The number of amides is 2. The van der Waals surface area contributed by atoms with E-state index in [1.807, 2.05) is 44.2 Å². The third kappa shape index (κ3) is 4.39. The van der Waals surface area contributed by atoms with E-state index in [-0.39, 0.29) is 23.3 Å². The lowest BCUT2D eigenvalue weighted by molar-refractivity contribution is 0.0949. The topological polar surface area (TPSA) is 75.5 Å². The fourth-order valence-corrected chi connectivity index (χ4v) is 3.16. The van der Waals surface area contributed by atoms with E-state index in [0.29, 0.717) is 23.7 Å². The molecule has 6 heteroatoms. The maximum atomic E-state index is 12.9. The zero-order valence-electron chi connectivity index (χ0n) is 16.7. The maximum Gasteiger partial charge on any atom is 0.292 e. The predicted molar refractivity (Wildman–Crippen MR) is 111 cm³/mol. The van der Waals surface area contributed by atoms with E-state index in [0.717, 1.165) is 17.5 Å². The highest BCUT2D eigenvalue weighted by Crippen LogP contribution is 2.17. The van der Waals surface area contributed by atoms with Gasteiger partial charge in [-0.3, -0.25) is 14.0 Å². The molecule has 0 aliphatic heterocycles. The van der Waals surface area contributed by atoms with E-state index in [2.05, 4.69) is 29.5 Å². The summed E-state index contributed by atoms with van der Waals surface area (Å²) in [6, 6.07) is 11.3. The van der Waals surface area contributed by atoms with Crippen LogP contribution in [0.25, 0.3) is 5.52 Å². The van der Waals surface area contributed by atoms with Crippen LogP contribution in [0.4, 0.5) is 5.69 Å². The lowest BCUT2D eigenvalue weighted by Crippen LogP contribution is -2.26. The molecule has 0 radical (unpaired) electrons. The van der Waals surface area contributed by atoms with E-state index in [1.54, 1.807) is 16.7 Å². The highest BCUT2D eigenvalue weighted by molar-refractivity contribution is 6.06.